The number of halogens is 1. The molecule has 1 aliphatic rings. The largest absolute Gasteiger partial charge is 0.389 e. The van der Waals surface area contributed by atoms with Gasteiger partial charge in [0.1, 0.15) is 11.3 Å². The third kappa shape index (κ3) is 3.93. The molecule has 0 saturated heterocycles. The van der Waals surface area contributed by atoms with Crippen molar-refractivity contribution < 1.29 is 19.1 Å². The molecule has 0 aliphatic heterocycles. The van der Waals surface area contributed by atoms with Crippen LogP contribution in [-0.4, -0.2) is 34.1 Å². The first-order valence-electron chi connectivity index (χ1n) is 9.08. The van der Waals surface area contributed by atoms with Crippen molar-refractivity contribution in [3.63, 3.8) is 0 Å². The fraction of sp³-hybridized carbons (Fsp3) is 0.450. The number of nitrogens with one attached hydrogen (secondary N) is 2. The summed E-state index contributed by atoms with van der Waals surface area (Å²) in [6, 6.07) is 6.09. The molecule has 1 fully saturated rings. The maximum absolute atomic E-state index is 13.6. The van der Waals surface area contributed by atoms with Crippen LogP contribution in [0, 0.1) is 11.2 Å². The van der Waals surface area contributed by atoms with Gasteiger partial charge in [-0.25, -0.2) is 4.39 Å². The fourth-order valence-corrected chi connectivity index (χ4v) is 3.56. The number of fused-ring (bicyclic) bond motifs is 1. The number of aromatic nitrogens is 1. The van der Waals surface area contributed by atoms with Crippen molar-refractivity contribution in [1.82, 2.24) is 10.3 Å². The zero-order chi connectivity index (χ0) is 19.7. The first kappa shape index (κ1) is 19.2. The summed E-state index contributed by atoms with van der Waals surface area (Å²) >= 11 is 0. The summed E-state index contributed by atoms with van der Waals surface area (Å²) < 4.78 is 13.6. The molecule has 0 radical (unpaired) electrons. The van der Waals surface area contributed by atoms with E-state index in [9.17, 15) is 19.1 Å². The van der Waals surface area contributed by atoms with E-state index in [0.717, 1.165) is 12.8 Å². The zero-order valence-corrected chi connectivity index (χ0v) is 15.5. The second-order valence-corrected chi connectivity index (χ2v) is 7.79. The van der Waals surface area contributed by atoms with Gasteiger partial charge in [0.05, 0.1) is 17.5 Å². The van der Waals surface area contributed by atoms with Crippen molar-refractivity contribution in [3.05, 3.63) is 36.3 Å². The van der Waals surface area contributed by atoms with Crippen molar-refractivity contribution in [3.8, 4) is 0 Å². The zero-order valence-electron chi connectivity index (χ0n) is 15.5. The molecule has 3 rings (SSSR count). The number of nitrogens with zero attached hydrogens (tertiary/aromatic N) is 1. The third-order valence-electron chi connectivity index (χ3n) is 5.51. The van der Waals surface area contributed by atoms with Gasteiger partial charge in [0.15, 0.2) is 0 Å². The average molecular weight is 373 g/mol. The molecule has 0 atom stereocenters. The number of para-hydroxylation sites is 1. The molecule has 3 N–H and O–H groups in total. The summed E-state index contributed by atoms with van der Waals surface area (Å²) in [7, 11) is 0. The van der Waals surface area contributed by atoms with Crippen molar-refractivity contribution in [2.45, 2.75) is 45.1 Å². The van der Waals surface area contributed by atoms with Crippen LogP contribution in [0.2, 0.25) is 0 Å². The molecule has 2 amide bonds. The van der Waals surface area contributed by atoms with Gasteiger partial charge in [-0.1, -0.05) is 38.8 Å². The van der Waals surface area contributed by atoms with Gasteiger partial charge in [0.2, 0.25) is 0 Å². The summed E-state index contributed by atoms with van der Waals surface area (Å²) in [5.41, 5.74) is -0.863. The predicted molar refractivity (Wildman–Crippen MR) is 101 cm³/mol. The average Bonchev–Trinajstić information content (AvgIpc) is 3.08. The van der Waals surface area contributed by atoms with E-state index in [0.29, 0.717) is 23.9 Å². The van der Waals surface area contributed by atoms with Gasteiger partial charge in [-0.3, -0.25) is 14.6 Å². The number of carbonyl (C=O) groups excluding carboxylic acids is 2. The highest BCUT2D eigenvalue weighted by Gasteiger charge is 2.45. The number of rotatable bonds is 4. The van der Waals surface area contributed by atoms with Crippen molar-refractivity contribution in [2.75, 3.05) is 11.9 Å². The van der Waals surface area contributed by atoms with E-state index >= 15 is 0 Å². The van der Waals surface area contributed by atoms with Gasteiger partial charge in [0, 0.05) is 17.3 Å². The number of carbonyl (C=O) groups is 2. The number of amides is 2. The minimum atomic E-state index is -0.832. The molecule has 144 valence electrons. The highest BCUT2D eigenvalue weighted by Crippen LogP contribution is 2.43. The van der Waals surface area contributed by atoms with E-state index in [2.05, 4.69) is 15.6 Å². The lowest BCUT2D eigenvalue weighted by atomic mass is 9.73. The van der Waals surface area contributed by atoms with Crippen LogP contribution in [-0.2, 0) is 9.59 Å². The van der Waals surface area contributed by atoms with Crippen LogP contribution in [0.1, 0.15) is 39.5 Å². The van der Waals surface area contributed by atoms with Gasteiger partial charge in [-0.05, 0) is 25.0 Å². The maximum atomic E-state index is 13.6. The van der Waals surface area contributed by atoms with E-state index in [4.69, 9.17) is 0 Å². The summed E-state index contributed by atoms with van der Waals surface area (Å²) in [6.07, 6.45) is 4.62. The Morgan fingerprint density at radius 2 is 1.96 bits per heavy atom. The topological polar surface area (TPSA) is 91.3 Å². The Bertz CT molecular complexity index is 876. The van der Waals surface area contributed by atoms with Crippen LogP contribution in [0.4, 0.5) is 10.1 Å². The lowest BCUT2D eigenvalue weighted by Gasteiger charge is -2.40. The highest BCUT2D eigenvalue weighted by molar-refractivity contribution is 6.39. The van der Waals surface area contributed by atoms with Crippen LogP contribution < -0.4 is 10.6 Å². The maximum Gasteiger partial charge on any atom is 0.313 e. The van der Waals surface area contributed by atoms with Crippen LogP contribution in [0.5, 0.6) is 0 Å². The summed E-state index contributed by atoms with van der Waals surface area (Å²) in [5, 5.41) is 16.3. The Balaban J connectivity index is 1.62. The molecule has 0 unspecified atom stereocenters. The second-order valence-electron chi connectivity index (χ2n) is 7.79. The van der Waals surface area contributed by atoms with Gasteiger partial charge < -0.3 is 15.7 Å². The SMILES string of the molecule is CC(C)(CNC(=O)C(=O)Nc1cnc2c(F)cccc2c1)C1(O)CCCC1. The molecule has 1 aromatic carbocycles. The van der Waals surface area contributed by atoms with Gasteiger partial charge in [-0.15, -0.1) is 0 Å². The number of anilines is 1. The Morgan fingerprint density at radius 3 is 2.67 bits per heavy atom. The second kappa shape index (κ2) is 7.23. The molecule has 0 spiro atoms. The molecule has 2 aromatic rings. The van der Waals surface area contributed by atoms with E-state index in [1.807, 2.05) is 13.8 Å². The van der Waals surface area contributed by atoms with E-state index in [-0.39, 0.29) is 12.1 Å². The first-order chi connectivity index (χ1) is 12.7. The van der Waals surface area contributed by atoms with Crippen LogP contribution in [0.3, 0.4) is 0 Å². The molecule has 1 saturated carbocycles. The lowest BCUT2D eigenvalue weighted by molar-refractivity contribution is -0.137. The first-order valence-corrected chi connectivity index (χ1v) is 9.08. The quantitative estimate of drug-likeness (QED) is 0.719. The van der Waals surface area contributed by atoms with E-state index in [1.54, 1.807) is 18.2 Å². The molecular weight excluding hydrogens is 349 g/mol. The Morgan fingerprint density at radius 1 is 1.26 bits per heavy atom. The Hall–Kier alpha value is -2.54. The normalized spacial score (nSPS) is 16.3. The minimum Gasteiger partial charge on any atom is -0.389 e. The summed E-state index contributed by atoms with van der Waals surface area (Å²) in [6.45, 7) is 3.97. The van der Waals surface area contributed by atoms with Gasteiger partial charge >= 0.3 is 11.8 Å². The number of hydrogen-bond donors (Lipinski definition) is 3. The monoisotopic (exact) mass is 373 g/mol. The van der Waals surface area contributed by atoms with Gasteiger partial charge in [-0.2, -0.15) is 0 Å². The highest BCUT2D eigenvalue weighted by atomic mass is 19.1. The molecule has 1 heterocycles. The molecule has 1 aliphatic carbocycles. The lowest BCUT2D eigenvalue weighted by Crippen LogP contribution is -2.50. The number of aliphatic hydroxyl groups is 1. The summed E-state index contributed by atoms with van der Waals surface area (Å²) in [5.74, 6) is -2.07. The van der Waals surface area contributed by atoms with Crippen LogP contribution in [0.25, 0.3) is 10.9 Å². The fourth-order valence-electron chi connectivity index (χ4n) is 3.56. The van der Waals surface area contributed by atoms with E-state index < -0.39 is 28.6 Å². The Kier molecular flexibility index (Phi) is 5.15. The molecular formula is C20H24FN3O3. The number of benzene rings is 1. The number of pyridine rings is 1. The third-order valence-corrected chi connectivity index (χ3v) is 5.51. The van der Waals surface area contributed by atoms with Crippen LogP contribution >= 0.6 is 0 Å². The molecule has 1 aromatic heterocycles. The van der Waals surface area contributed by atoms with Crippen molar-refractivity contribution >= 4 is 28.4 Å². The predicted octanol–water partition coefficient (Wildman–Crippen LogP) is 2.76. The number of hydrogen-bond acceptors (Lipinski definition) is 4. The molecule has 6 nitrogen and oxygen atoms in total. The molecule has 0 bridgehead atoms. The molecule has 7 heteroatoms. The van der Waals surface area contributed by atoms with Crippen molar-refractivity contribution in [2.24, 2.45) is 5.41 Å². The standard InChI is InChI=1S/C20H24FN3O3/c1-19(2,20(27)8-3-4-9-20)12-23-17(25)18(26)24-14-10-13-6-5-7-15(21)16(13)22-11-14/h5-7,10-11,27H,3-4,8-9,12H2,1-2H3,(H,23,25)(H,24,26). The van der Waals surface area contributed by atoms with E-state index in [1.165, 1.54) is 12.3 Å². The van der Waals surface area contributed by atoms with Gasteiger partial charge in [0.25, 0.3) is 0 Å². The molecule has 27 heavy (non-hydrogen) atoms. The Labute approximate surface area is 157 Å². The smallest absolute Gasteiger partial charge is 0.313 e. The van der Waals surface area contributed by atoms with Crippen LogP contribution in [0.15, 0.2) is 30.5 Å². The van der Waals surface area contributed by atoms with Crippen molar-refractivity contribution in [1.29, 1.82) is 0 Å². The summed E-state index contributed by atoms with van der Waals surface area (Å²) in [4.78, 5) is 28.3. The minimum absolute atomic E-state index is 0.191.